The van der Waals surface area contributed by atoms with Crippen LogP contribution in [0.2, 0.25) is 0 Å². The maximum absolute atomic E-state index is 12.3. The van der Waals surface area contributed by atoms with Crippen molar-refractivity contribution in [1.29, 1.82) is 0 Å². The van der Waals surface area contributed by atoms with Gasteiger partial charge in [-0.25, -0.2) is 0 Å². The van der Waals surface area contributed by atoms with Crippen molar-refractivity contribution in [3.63, 3.8) is 0 Å². The number of nitrogens with zero attached hydrogens (tertiary/aromatic N) is 1. The lowest BCUT2D eigenvalue weighted by Crippen LogP contribution is -2.56. The molecule has 1 unspecified atom stereocenters. The van der Waals surface area contributed by atoms with Crippen molar-refractivity contribution in [2.75, 3.05) is 26.2 Å². The first-order valence-electron chi connectivity index (χ1n) is 7.19. The van der Waals surface area contributed by atoms with Gasteiger partial charge >= 0.3 is 6.18 Å². The SMILES string of the molecule is CC(C)(N)C(C)(C)C(=O)NCC1CCN(CC(F)(F)F)C1. The summed E-state index contributed by atoms with van der Waals surface area (Å²) >= 11 is 0. The Morgan fingerprint density at radius 3 is 2.33 bits per heavy atom. The van der Waals surface area contributed by atoms with Crippen LogP contribution in [0.3, 0.4) is 0 Å². The lowest BCUT2D eigenvalue weighted by atomic mass is 9.74. The summed E-state index contributed by atoms with van der Waals surface area (Å²) in [6, 6.07) is 0. The van der Waals surface area contributed by atoms with Gasteiger partial charge < -0.3 is 11.1 Å². The molecule has 1 atom stereocenters. The molecule has 21 heavy (non-hydrogen) atoms. The predicted octanol–water partition coefficient (Wildman–Crippen LogP) is 1.75. The van der Waals surface area contributed by atoms with Crippen LogP contribution in [0.25, 0.3) is 0 Å². The second kappa shape index (κ2) is 6.12. The lowest BCUT2D eigenvalue weighted by molar-refractivity contribution is -0.144. The van der Waals surface area contributed by atoms with Gasteiger partial charge in [0.15, 0.2) is 0 Å². The third-order valence-electron chi connectivity index (χ3n) is 4.50. The molecular weight excluding hydrogens is 283 g/mol. The molecule has 1 aliphatic rings. The van der Waals surface area contributed by atoms with Crippen molar-refractivity contribution in [1.82, 2.24) is 10.2 Å². The molecular formula is C14H26F3N3O. The molecule has 1 aliphatic heterocycles. The Balaban J connectivity index is 2.42. The summed E-state index contributed by atoms with van der Waals surface area (Å²) in [5.74, 6) is -0.0998. The number of hydrogen-bond donors (Lipinski definition) is 2. The fraction of sp³-hybridized carbons (Fsp3) is 0.929. The summed E-state index contributed by atoms with van der Waals surface area (Å²) in [5.41, 5.74) is 4.58. The second-order valence-corrected chi connectivity index (χ2v) is 7.06. The van der Waals surface area contributed by atoms with Crippen LogP contribution >= 0.6 is 0 Å². The largest absolute Gasteiger partial charge is 0.401 e. The molecule has 1 heterocycles. The van der Waals surface area contributed by atoms with E-state index in [9.17, 15) is 18.0 Å². The van der Waals surface area contributed by atoms with Crippen molar-refractivity contribution < 1.29 is 18.0 Å². The van der Waals surface area contributed by atoms with Gasteiger partial charge in [0.05, 0.1) is 12.0 Å². The summed E-state index contributed by atoms with van der Waals surface area (Å²) in [6.07, 6.45) is -3.49. The zero-order valence-electron chi connectivity index (χ0n) is 13.2. The van der Waals surface area contributed by atoms with E-state index >= 15 is 0 Å². The molecule has 0 saturated carbocycles. The number of rotatable bonds is 5. The van der Waals surface area contributed by atoms with Gasteiger partial charge in [-0.2, -0.15) is 13.2 Å². The van der Waals surface area contributed by atoms with Crippen molar-refractivity contribution in [3.05, 3.63) is 0 Å². The smallest absolute Gasteiger partial charge is 0.355 e. The Bertz CT molecular complexity index is 375. The zero-order chi connectivity index (χ0) is 16.5. The molecule has 0 aliphatic carbocycles. The minimum Gasteiger partial charge on any atom is -0.355 e. The van der Waals surface area contributed by atoms with E-state index in [0.717, 1.165) is 0 Å². The van der Waals surface area contributed by atoms with Gasteiger partial charge in [-0.3, -0.25) is 9.69 Å². The van der Waals surface area contributed by atoms with Crippen LogP contribution in [0.1, 0.15) is 34.1 Å². The Kier molecular flexibility index (Phi) is 5.31. The summed E-state index contributed by atoms with van der Waals surface area (Å²) in [7, 11) is 0. The van der Waals surface area contributed by atoms with Crippen LogP contribution in [-0.4, -0.2) is 48.7 Å². The maximum atomic E-state index is 12.3. The molecule has 0 aromatic rings. The number of amides is 1. The van der Waals surface area contributed by atoms with Crippen LogP contribution in [0.5, 0.6) is 0 Å². The molecule has 1 fully saturated rings. The van der Waals surface area contributed by atoms with Crippen LogP contribution < -0.4 is 11.1 Å². The molecule has 1 amide bonds. The molecule has 124 valence electrons. The van der Waals surface area contributed by atoms with Crippen molar-refractivity contribution >= 4 is 5.91 Å². The van der Waals surface area contributed by atoms with E-state index < -0.39 is 23.7 Å². The first kappa shape index (κ1) is 18.2. The normalized spacial score (nSPS) is 21.6. The molecule has 7 heteroatoms. The number of nitrogens with one attached hydrogen (secondary N) is 1. The highest BCUT2D eigenvalue weighted by atomic mass is 19.4. The lowest BCUT2D eigenvalue weighted by Gasteiger charge is -2.37. The molecule has 0 aromatic carbocycles. The van der Waals surface area contributed by atoms with Gasteiger partial charge in [0.2, 0.25) is 5.91 Å². The Hall–Kier alpha value is -0.820. The number of likely N-dealkylation sites (tertiary alicyclic amines) is 1. The molecule has 0 spiro atoms. The maximum Gasteiger partial charge on any atom is 0.401 e. The van der Waals surface area contributed by atoms with E-state index in [1.807, 2.05) is 0 Å². The van der Waals surface area contributed by atoms with Gasteiger partial charge in [0, 0.05) is 18.6 Å². The van der Waals surface area contributed by atoms with Crippen molar-refractivity contribution in [2.24, 2.45) is 17.1 Å². The average Bonchev–Trinajstić information content (AvgIpc) is 2.69. The molecule has 0 radical (unpaired) electrons. The van der Waals surface area contributed by atoms with Crippen LogP contribution in [0, 0.1) is 11.3 Å². The number of carbonyl (C=O) groups excluding carboxylic acids is 1. The minimum atomic E-state index is -4.16. The van der Waals surface area contributed by atoms with Gasteiger partial charge in [-0.1, -0.05) is 0 Å². The van der Waals surface area contributed by atoms with E-state index in [1.54, 1.807) is 27.7 Å². The van der Waals surface area contributed by atoms with Crippen molar-refractivity contribution in [3.8, 4) is 0 Å². The number of halogens is 3. The van der Waals surface area contributed by atoms with Crippen LogP contribution in [0.15, 0.2) is 0 Å². The third-order valence-corrected chi connectivity index (χ3v) is 4.50. The van der Waals surface area contributed by atoms with Crippen LogP contribution in [-0.2, 0) is 4.79 Å². The van der Waals surface area contributed by atoms with Gasteiger partial charge in [-0.05, 0) is 46.6 Å². The Morgan fingerprint density at radius 2 is 1.86 bits per heavy atom. The van der Waals surface area contributed by atoms with E-state index in [2.05, 4.69) is 5.32 Å². The minimum absolute atomic E-state index is 0.0630. The topological polar surface area (TPSA) is 58.4 Å². The summed E-state index contributed by atoms with van der Waals surface area (Å²) in [5, 5.41) is 2.83. The summed E-state index contributed by atoms with van der Waals surface area (Å²) in [6.45, 7) is 7.42. The summed E-state index contributed by atoms with van der Waals surface area (Å²) < 4.78 is 36.9. The van der Waals surface area contributed by atoms with Gasteiger partial charge in [0.25, 0.3) is 0 Å². The van der Waals surface area contributed by atoms with E-state index in [4.69, 9.17) is 5.73 Å². The predicted molar refractivity (Wildman–Crippen MR) is 75.7 cm³/mol. The van der Waals surface area contributed by atoms with Gasteiger partial charge in [0.1, 0.15) is 0 Å². The highest BCUT2D eigenvalue weighted by Gasteiger charge is 2.41. The standard InChI is InChI=1S/C14H26F3N3O/c1-12(2,13(3,4)18)11(21)19-7-10-5-6-20(8-10)9-14(15,16)17/h10H,5-9,18H2,1-4H3,(H,19,21). The fourth-order valence-electron chi connectivity index (χ4n) is 2.23. The second-order valence-electron chi connectivity index (χ2n) is 7.06. The van der Waals surface area contributed by atoms with Crippen LogP contribution in [0.4, 0.5) is 13.2 Å². The summed E-state index contributed by atoms with van der Waals surface area (Å²) in [4.78, 5) is 13.6. The highest BCUT2D eigenvalue weighted by Crippen LogP contribution is 2.28. The number of hydrogen-bond acceptors (Lipinski definition) is 3. The monoisotopic (exact) mass is 309 g/mol. The zero-order valence-corrected chi connectivity index (χ0v) is 13.2. The molecule has 3 N–H and O–H groups in total. The molecule has 0 aromatic heterocycles. The quantitative estimate of drug-likeness (QED) is 0.813. The highest BCUT2D eigenvalue weighted by molar-refractivity contribution is 5.83. The van der Waals surface area contributed by atoms with E-state index in [1.165, 1.54) is 4.90 Å². The number of alkyl halides is 3. The third kappa shape index (κ3) is 5.14. The Morgan fingerprint density at radius 1 is 1.29 bits per heavy atom. The van der Waals surface area contributed by atoms with Crippen molar-refractivity contribution in [2.45, 2.75) is 45.8 Å². The first-order chi connectivity index (χ1) is 9.33. The Labute approximate surface area is 124 Å². The fourth-order valence-corrected chi connectivity index (χ4v) is 2.23. The molecule has 1 saturated heterocycles. The van der Waals surface area contributed by atoms with E-state index in [-0.39, 0.29) is 11.8 Å². The van der Waals surface area contributed by atoms with E-state index in [0.29, 0.717) is 26.1 Å². The average molecular weight is 309 g/mol. The molecule has 4 nitrogen and oxygen atoms in total. The van der Waals surface area contributed by atoms with Gasteiger partial charge in [-0.15, -0.1) is 0 Å². The number of nitrogens with two attached hydrogens (primary N) is 1. The molecule has 1 rings (SSSR count). The molecule has 0 bridgehead atoms. The number of carbonyl (C=O) groups is 1. The first-order valence-corrected chi connectivity index (χ1v) is 7.19.